The number of halogens is 2. The number of fused-ring (bicyclic) bond motifs is 1. The molecule has 22 heavy (non-hydrogen) atoms. The van der Waals surface area contributed by atoms with Crippen LogP contribution in [0.2, 0.25) is 0 Å². The van der Waals surface area contributed by atoms with Gasteiger partial charge in [0.1, 0.15) is 12.0 Å². The minimum absolute atomic E-state index is 0.0749. The average molecular weight is 303 g/mol. The summed E-state index contributed by atoms with van der Waals surface area (Å²) in [5, 5.41) is 0.639. The Labute approximate surface area is 126 Å². The molecule has 4 nitrogen and oxygen atoms in total. The fourth-order valence-electron chi connectivity index (χ4n) is 2.24. The molecule has 0 aliphatic heterocycles. The molecule has 1 N–H and O–H groups in total. The maximum absolute atomic E-state index is 14.4. The van der Waals surface area contributed by atoms with Crippen molar-refractivity contribution < 1.29 is 13.5 Å². The van der Waals surface area contributed by atoms with Crippen molar-refractivity contribution in [1.29, 1.82) is 0 Å². The maximum Gasteiger partial charge on any atom is 0.201 e. The van der Waals surface area contributed by atoms with E-state index in [0.29, 0.717) is 23.3 Å². The van der Waals surface area contributed by atoms with Crippen molar-refractivity contribution in [1.82, 2.24) is 15.0 Å². The number of benzene rings is 1. The highest BCUT2D eigenvalue weighted by atomic mass is 19.2. The molecule has 0 aliphatic rings. The summed E-state index contributed by atoms with van der Waals surface area (Å²) in [6.07, 6.45) is 4.71. The Morgan fingerprint density at radius 2 is 2.00 bits per heavy atom. The molecule has 3 rings (SSSR count). The molecule has 0 amide bonds. The van der Waals surface area contributed by atoms with Crippen LogP contribution < -0.4 is 4.74 Å². The predicted molar refractivity (Wildman–Crippen MR) is 79.6 cm³/mol. The summed E-state index contributed by atoms with van der Waals surface area (Å²) in [5.41, 5.74) is 1.02. The Bertz CT molecular complexity index is 801. The molecule has 114 valence electrons. The summed E-state index contributed by atoms with van der Waals surface area (Å²) in [7, 11) is 0. The van der Waals surface area contributed by atoms with Gasteiger partial charge in [-0.2, -0.15) is 4.39 Å². The zero-order valence-corrected chi connectivity index (χ0v) is 12.1. The van der Waals surface area contributed by atoms with Gasteiger partial charge in [-0.25, -0.2) is 14.4 Å². The highest BCUT2D eigenvalue weighted by Crippen LogP contribution is 2.32. The number of aromatic amines is 1. The van der Waals surface area contributed by atoms with Crippen LogP contribution >= 0.6 is 0 Å². The second-order valence-electron chi connectivity index (χ2n) is 4.90. The number of H-pyrrole nitrogens is 1. The van der Waals surface area contributed by atoms with Crippen LogP contribution in [-0.4, -0.2) is 21.6 Å². The third-order valence-corrected chi connectivity index (χ3v) is 3.41. The molecule has 1 aromatic carbocycles. The van der Waals surface area contributed by atoms with Gasteiger partial charge in [0, 0.05) is 17.1 Å². The average Bonchev–Trinajstić information content (AvgIpc) is 3.00. The first kappa shape index (κ1) is 14.4. The van der Waals surface area contributed by atoms with Crippen molar-refractivity contribution in [3.8, 4) is 17.0 Å². The Hall–Kier alpha value is -2.50. The van der Waals surface area contributed by atoms with E-state index in [4.69, 9.17) is 4.74 Å². The molecule has 0 saturated carbocycles. The van der Waals surface area contributed by atoms with Gasteiger partial charge in [-0.15, -0.1) is 0 Å². The van der Waals surface area contributed by atoms with E-state index in [-0.39, 0.29) is 11.3 Å². The predicted octanol–water partition coefficient (Wildman–Crippen LogP) is 4.08. The monoisotopic (exact) mass is 303 g/mol. The van der Waals surface area contributed by atoms with Gasteiger partial charge >= 0.3 is 0 Å². The molecular formula is C16H15F2N3O. The lowest BCUT2D eigenvalue weighted by molar-refractivity contribution is 0.289. The van der Waals surface area contributed by atoms with Crippen LogP contribution in [0.25, 0.3) is 22.3 Å². The molecule has 2 aromatic heterocycles. The van der Waals surface area contributed by atoms with E-state index < -0.39 is 11.6 Å². The van der Waals surface area contributed by atoms with E-state index in [9.17, 15) is 8.78 Å². The molecule has 0 spiro atoms. The van der Waals surface area contributed by atoms with Crippen LogP contribution in [-0.2, 0) is 0 Å². The number of hydrogen-bond donors (Lipinski definition) is 1. The van der Waals surface area contributed by atoms with Crippen LogP contribution in [0.3, 0.4) is 0 Å². The van der Waals surface area contributed by atoms with E-state index in [1.807, 2.05) is 6.92 Å². The second kappa shape index (κ2) is 6.09. The van der Waals surface area contributed by atoms with Gasteiger partial charge in [0.2, 0.25) is 5.82 Å². The number of nitrogens with one attached hydrogen (secondary N) is 1. The summed E-state index contributed by atoms with van der Waals surface area (Å²) in [5.74, 6) is -2.03. The molecular weight excluding hydrogens is 288 g/mol. The van der Waals surface area contributed by atoms with Crippen LogP contribution in [0.4, 0.5) is 8.78 Å². The van der Waals surface area contributed by atoms with E-state index in [1.165, 1.54) is 18.5 Å². The minimum Gasteiger partial charge on any atom is -0.490 e. The summed E-state index contributed by atoms with van der Waals surface area (Å²) in [6, 6.07) is 4.64. The number of aromatic nitrogens is 3. The van der Waals surface area contributed by atoms with Gasteiger partial charge in [0.25, 0.3) is 0 Å². The molecule has 6 heteroatoms. The minimum atomic E-state index is -0.990. The molecule has 0 unspecified atom stereocenters. The van der Waals surface area contributed by atoms with Gasteiger partial charge in [0.05, 0.1) is 12.3 Å². The summed E-state index contributed by atoms with van der Waals surface area (Å²) < 4.78 is 33.8. The normalized spacial score (nSPS) is 11.0. The smallest absolute Gasteiger partial charge is 0.201 e. The largest absolute Gasteiger partial charge is 0.490 e. The second-order valence-corrected chi connectivity index (χ2v) is 4.90. The number of hydrogen-bond acceptors (Lipinski definition) is 3. The van der Waals surface area contributed by atoms with Crippen LogP contribution in [0.1, 0.15) is 19.8 Å². The number of unbranched alkanes of at least 4 members (excludes halogenated alkanes) is 1. The summed E-state index contributed by atoms with van der Waals surface area (Å²) >= 11 is 0. The first-order valence-electron chi connectivity index (χ1n) is 7.11. The summed E-state index contributed by atoms with van der Waals surface area (Å²) in [4.78, 5) is 11.0. The molecule has 0 saturated heterocycles. The van der Waals surface area contributed by atoms with Crippen LogP contribution in [0, 0.1) is 11.6 Å². The lowest BCUT2D eigenvalue weighted by Gasteiger charge is -2.10. The Morgan fingerprint density at radius 3 is 2.82 bits per heavy atom. The van der Waals surface area contributed by atoms with E-state index in [0.717, 1.165) is 12.8 Å². The Kier molecular flexibility index (Phi) is 4.00. The van der Waals surface area contributed by atoms with Gasteiger partial charge in [-0.1, -0.05) is 13.3 Å². The van der Waals surface area contributed by atoms with Gasteiger partial charge in [-0.3, -0.25) is 0 Å². The highest BCUT2D eigenvalue weighted by Gasteiger charge is 2.18. The van der Waals surface area contributed by atoms with Crippen molar-refractivity contribution >= 4 is 11.0 Å². The Balaban J connectivity index is 2.02. The third kappa shape index (κ3) is 2.52. The molecule has 3 aromatic rings. The number of rotatable bonds is 5. The van der Waals surface area contributed by atoms with Gasteiger partial charge < -0.3 is 9.72 Å². The lowest BCUT2D eigenvalue weighted by Crippen LogP contribution is -2.01. The Morgan fingerprint density at radius 1 is 1.14 bits per heavy atom. The fourth-order valence-corrected chi connectivity index (χ4v) is 2.24. The molecule has 0 bridgehead atoms. The number of nitrogens with zero attached hydrogens (tertiary/aromatic N) is 2. The van der Waals surface area contributed by atoms with Crippen molar-refractivity contribution in [2.24, 2.45) is 0 Å². The van der Waals surface area contributed by atoms with Gasteiger partial charge in [0.15, 0.2) is 11.6 Å². The number of ether oxygens (including phenoxy) is 1. The van der Waals surface area contributed by atoms with Crippen molar-refractivity contribution in [2.45, 2.75) is 19.8 Å². The van der Waals surface area contributed by atoms with Crippen LogP contribution in [0.5, 0.6) is 5.75 Å². The third-order valence-electron chi connectivity index (χ3n) is 3.41. The van der Waals surface area contributed by atoms with Crippen LogP contribution in [0.15, 0.2) is 30.7 Å². The maximum atomic E-state index is 14.4. The van der Waals surface area contributed by atoms with E-state index >= 15 is 0 Å². The standard InChI is InChI=1S/C16H15F2N3O/c1-2-3-8-22-12-5-4-10(13(17)14(12)18)15-11-6-7-19-16(11)21-9-20-15/h4-7,9H,2-3,8H2,1H3,(H,19,20,21). The SMILES string of the molecule is CCCCOc1ccc(-c2ncnc3[nH]ccc23)c(F)c1F. The molecule has 0 atom stereocenters. The fraction of sp³-hybridized carbons (Fsp3) is 0.250. The highest BCUT2D eigenvalue weighted by molar-refractivity contribution is 5.90. The quantitative estimate of drug-likeness (QED) is 0.722. The zero-order chi connectivity index (χ0) is 15.5. The lowest BCUT2D eigenvalue weighted by atomic mass is 10.1. The molecule has 0 fully saturated rings. The van der Waals surface area contributed by atoms with E-state index in [2.05, 4.69) is 15.0 Å². The molecule has 0 radical (unpaired) electrons. The first-order valence-corrected chi connectivity index (χ1v) is 7.11. The summed E-state index contributed by atoms with van der Waals surface area (Å²) in [6.45, 7) is 2.36. The van der Waals surface area contributed by atoms with Crippen molar-refractivity contribution in [2.75, 3.05) is 6.61 Å². The molecule has 2 heterocycles. The first-order chi connectivity index (χ1) is 10.7. The van der Waals surface area contributed by atoms with Crippen molar-refractivity contribution in [3.63, 3.8) is 0 Å². The van der Waals surface area contributed by atoms with Crippen molar-refractivity contribution in [3.05, 3.63) is 42.4 Å². The molecule has 0 aliphatic carbocycles. The van der Waals surface area contributed by atoms with E-state index in [1.54, 1.807) is 12.3 Å². The van der Waals surface area contributed by atoms with Gasteiger partial charge in [-0.05, 0) is 24.6 Å². The zero-order valence-electron chi connectivity index (χ0n) is 12.1. The topological polar surface area (TPSA) is 50.8 Å².